The van der Waals surface area contributed by atoms with Gasteiger partial charge in [0.1, 0.15) is 5.00 Å². The fourth-order valence-corrected chi connectivity index (χ4v) is 4.48. The Kier molecular flexibility index (Phi) is 7.42. The predicted octanol–water partition coefficient (Wildman–Crippen LogP) is 4.89. The van der Waals surface area contributed by atoms with Crippen LogP contribution >= 0.6 is 11.3 Å². The largest absolute Gasteiger partial charge is 0.378 e. The van der Waals surface area contributed by atoms with Crippen LogP contribution in [0.25, 0.3) is 0 Å². The van der Waals surface area contributed by atoms with Gasteiger partial charge in [0.25, 0.3) is 11.8 Å². The molecule has 1 aliphatic heterocycles. The number of thiophene rings is 1. The van der Waals surface area contributed by atoms with E-state index in [1.807, 2.05) is 41.8 Å². The molecule has 0 saturated carbocycles. The zero-order valence-corrected chi connectivity index (χ0v) is 19.8. The van der Waals surface area contributed by atoms with Crippen molar-refractivity contribution in [3.05, 3.63) is 82.2 Å². The fraction of sp³-hybridized carbons (Fsp3) is 0.308. The second kappa shape index (κ2) is 10.6. The van der Waals surface area contributed by atoms with Gasteiger partial charge >= 0.3 is 0 Å². The molecule has 0 radical (unpaired) electrons. The summed E-state index contributed by atoms with van der Waals surface area (Å²) in [6.45, 7) is 7.94. The molecule has 4 rings (SSSR count). The van der Waals surface area contributed by atoms with Crippen molar-refractivity contribution in [2.45, 2.75) is 26.3 Å². The van der Waals surface area contributed by atoms with Crippen molar-refractivity contribution < 1.29 is 14.3 Å². The molecule has 1 aliphatic rings. The van der Waals surface area contributed by atoms with Crippen LogP contribution in [0.1, 0.15) is 51.6 Å². The number of carbonyl (C=O) groups is 2. The Labute approximate surface area is 198 Å². The molecular formula is C26H29N3O3S. The minimum absolute atomic E-state index is 0.209. The Morgan fingerprint density at radius 2 is 1.67 bits per heavy atom. The van der Waals surface area contributed by atoms with Gasteiger partial charge in [-0.3, -0.25) is 9.59 Å². The third-order valence-corrected chi connectivity index (χ3v) is 6.57. The summed E-state index contributed by atoms with van der Waals surface area (Å²) in [5.41, 5.74) is 4.40. The van der Waals surface area contributed by atoms with Gasteiger partial charge in [0.05, 0.1) is 18.8 Å². The van der Waals surface area contributed by atoms with Gasteiger partial charge in [-0.15, -0.1) is 11.3 Å². The van der Waals surface area contributed by atoms with E-state index in [1.165, 1.54) is 16.9 Å². The average Bonchev–Trinajstić information content (AvgIpc) is 3.31. The highest BCUT2D eigenvalue weighted by Gasteiger charge is 2.16. The van der Waals surface area contributed by atoms with Crippen LogP contribution < -0.4 is 15.5 Å². The molecule has 0 spiro atoms. The SMILES string of the molecule is CC(C)c1ccc(C(=O)Nc2sccc2C(=O)NCc2ccc(N3CCOCC3)cc2)cc1. The molecule has 33 heavy (non-hydrogen) atoms. The summed E-state index contributed by atoms with van der Waals surface area (Å²) in [5.74, 6) is -0.0234. The lowest BCUT2D eigenvalue weighted by Crippen LogP contribution is -2.36. The summed E-state index contributed by atoms with van der Waals surface area (Å²) >= 11 is 1.34. The summed E-state index contributed by atoms with van der Waals surface area (Å²) in [7, 11) is 0. The number of hydrogen-bond acceptors (Lipinski definition) is 5. The highest BCUT2D eigenvalue weighted by Crippen LogP contribution is 2.25. The third-order valence-electron chi connectivity index (χ3n) is 5.74. The van der Waals surface area contributed by atoms with Crippen LogP contribution in [0, 0.1) is 0 Å². The van der Waals surface area contributed by atoms with E-state index in [9.17, 15) is 9.59 Å². The van der Waals surface area contributed by atoms with E-state index in [2.05, 4.69) is 41.5 Å². The Bertz CT molecular complexity index is 1080. The van der Waals surface area contributed by atoms with E-state index in [0.29, 0.717) is 28.6 Å². The summed E-state index contributed by atoms with van der Waals surface area (Å²) in [5, 5.41) is 8.20. The molecular weight excluding hydrogens is 434 g/mol. The van der Waals surface area contributed by atoms with Crippen LogP contribution in [-0.4, -0.2) is 38.1 Å². The number of hydrogen-bond donors (Lipinski definition) is 2. The highest BCUT2D eigenvalue weighted by molar-refractivity contribution is 7.14. The van der Waals surface area contributed by atoms with Gasteiger partial charge in [-0.05, 0) is 52.8 Å². The van der Waals surface area contributed by atoms with Gasteiger partial charge in [-0.25, -0.2) is 0 Å². The number of ether oxygens (including phenoxy) is 1. The maximum absolute atomic E-state index is 12.8. The Morgan fingerprint density at radius 3 is 2.33 bits per heavy atom. The first-order valence-electron chi connectivity index (χ1n) is 11.2. The molecule has 1 saturated heterocycles. The lowest BCUT2D eigenvalue weighted by molar-refractivity contribution is 0.0952. The van der Waals surface area contributed by atoms with Crippen LogP contribution in [-0.2, 0) is 11.3 Å². The van der Waals surface area contributed by atoms with Crippen molar-refractivity contribution in [2.24, 2.45) is 0 Å². The number of benzene rings is 2. The smallest absolute Gasteiger partial charge is 0.256 e. The van der Waals surface area contributed by atoms with Gasteiger partial charge in [-0.2, -0.15) is 0 Å². The van der Waals surface area contributed by atoms with Crippen molar-refractivity contribution in [3.8, 4) is 0 Å². The van der Waals surface area contributed by atoms with E-state index in [4.69, 9.17) is 4.74 Å². The van der Waals surface area contributed by atoms with Gasteiger partial charge in [0.15, 0.2) is 0 Å². The normalized spacial score (nSPS) is 13.7. The summed E-state index contributed by atoms with van der Waals surface area (Å²) in [4.78, 5) is 27.7. The Balaban J connectivity index is 1.34. The maximum atomic E-state index is 12.8. The quantitative estimate of drug-likeness (QED) is 0.523. The summed E-state index contributed by atoms with van der Waals surface area (Å²) in [6, 6.07) is 17.5. The Hall–Kier alpha value is -3.16. The minimum atomic E-state index is -0.222. The number of nitrogens with one attached hydrogen (secondary N) is 2. The second-order valence-electron chi connectivity index (χ2n) is 8.34. The van der Waals surface area contributed by atoms with Crippen LogP contribution in [0.2, 0.25) is 0 Å². The molecule has 2 N–H and O–H groups in total. The van der Waals surface area contributed by atoms with E-state index in [0.717, 1.165) is 37.6 Å². The molecule has 0 bridgehead atoms. The average molecular weight is 464 g/mol. The fourth-order valence-electron chi connectivity index (χ4n) is 3.70. The zero-order valence-electron chi connectivity index (χ0n) is 19.0. The maximum Gasteiger partial charge on any atom is 0.256 e. The molecule has 172 valence electrons. The molecule has 0 atom stereocenters. The number of rotatable bonds is 7. The second-order valence-corrected chi connectivity index (χ2v) is 9.26. The van der Waals surface area contributed by atoms with Gasteiger partial charge < -0.3 is 20.3 Å². The van der Waals surface area contributed by atoms with E-state index in [-0.39, 0.29) is 11.8 Å². The molecule has 1 aromatic heterocycles. The zero-order chi connectivity index (χ0) is 23.2. The van der Waals surface area contributed by atoms with Crippen LogP contribution in [0.5, 0.6) is 0 Å². The molecule has 3 aromatic rings. The topological polar surface area (TPSA) is 70.7 Å². The van der Waals surface area contributed by atoms with Crippen LogP contribution in [0.4, 0.5) is 10.7 Å². The molecule has 6 nitrogen and oxygen atoms in total. The molecule has 2 amide bonds. The van der Waals surface area contributed by atoms with E-state index < -0.39 is 0 Å². The number of nitrogens with zero attached hydrogens (tertiary/aromatic N) is 1. The van der Waals surface area contributed by atoms with Crippen molar-refractivity contribution in [1.29, 1.82) is 0 Å². The number of anilines is 2. The van der Waals surface area contributed by atoms with Crippen LogP contribution in [0.3, 0.4) is 0 Å². The highest BCUT2D eigenvalue weighted by atomic mass is 32.1. The predicted molar refractivity (Wildman–Crippen MR) is 133 cm³/mol. The molecule has 2 aromatic carbocycles. The van der Waals surface area contributed by atoms with Crippen molar-refractivity contribution in [1.82, 2.24) is 5.32 Å². The lowest BCUT2D eigenvalue weighted by atomic mass is 10.0. The molecule has 0 aliphatic carbocycles. The molecule has 0 unspecified atom stereocenters. The molecule has 1 fully saturated rings. The monoisotopic (exact) mass is 463 g/mol. The summed E-state index contributed by atoms with van der Waals surface area (Å²) in [6.07, 6.45) is 0. The van der Waals surface area contributed by atoms with Crippen LogP contribution in [0.15, 0.2) is 60.0 Å². The first-order chi connectivity index (χ1) is 16.0. The Morgan fingerprint density at radius 1 is 0.970 bits per heavy atom. The van der Waals surface area contributed by atoms with Gasteiger partial charge in [-0.1, -0.05) is 38.1 Å². The summed E-state index contributed by atoms with van der Waals surface area (Å²) < 4.78 is 5.40. The van der Waals surface area contributed by atoms with Crippen molar-refractivity contribution >= 4 is 33.8 Å². The first-order valence-corrected chi connectivity index (χ1v) is 12.1. The first kappa shape index (κ1) is 23.0. The molecule has 2 heterocycles. The number of carbonyl (C=O) groups excluding carboxylic acids is 2. The van der Waals surface area contributed by atoms with Gasteiger partial charge in [0.2, 0.25) is 0 Å². The number of morpholine rings is 1. The van der Waals surface area contributed by atoms with E-state index >= 15 is 0 Å². The standard InChI is InChI=1S/C26H29N3O3S/c1-18(2)20-5-7-21(8-6-20)24(30)28-26-23(11-16-33-26)25(31)27-17-19-3-9-22(10-4-19)29-12-14-32-15-13-29/h3-11,16,18H,12-15,17H2,1-2H3,(H,27,31)(H,28,30). The lowest BCUT2D eigenvalue weighted by Gasteiger charge is -2.28. The van der Waals surface area contributed by atoms with E-state index in [1.54, 1.807) is 6.07 Å². The minimum Gasteiger partial charge on any atom is -0.378 e. The van der Waals surface area contributed by atoms with Crippen molar-refractivity contribution in [2.75, 3.05) is 36.5 Å². The number of amides is 2. The third kappa shape index (κ3) is 5.80. The van der Waals surface area contributed by atoms with Crippen molar-refractivity contribution in [3.63, 3.8) is 0 Å². The van der Waals surface area contributed by atoms with Gasteiger partial charge in [0, 0.05) is 30.9 Å². The molecule has 7 heteroatoms.